The Hall–Kier alpha value is -1.88. The topological polar surface area (TPSA) is 78.4 Å². The predicted molar refractivity (Wildman–Crippen MR) is 63.9 cm³/mol. The lowest BCUT2D eigenvalue weighted by molar-refractivity contribution is -0.139. The minimum atomic E-state index is -1.06. The third-order valence-corrected chi connectivity index (χ3v) is 2.54. The number of hydrogen-bond acceptors (Lipinski definition) is 3. The van der Waals surface area contributed by atoms with E-state index in [4.69, 9.17) is 5.11 Å². The molecule has 0 aliphatic carbocycles. The summed E-state index contributed by atoms with van der Waals surface area (Å²) in [5.41, 5.74) is 0.446. The molecule has 92 valence electrons. The van der Waals surface area contributed by atoms with Crippen molar-refractivity contribution in [2.24, 2.45) is 0 Å². The number of likely N-dealkylation sites (N-methyl/N-ethyl adjacent to an activating group) is 1. The average Bonchev–Trinajstić information content (AvgIpc) is 2.35. The zero-order chi connectivity index (χ0) is 12.8. The van der Waals surface area contributed by atoms with Crippen molar-refractivity contribution in [3.05, 3.63) is 35.9 Å². The third-order valence-electron chi connectivity index (χ3n) is 2.54. The molecule has 0 aromatic heterocycles. The maximum absolute atomic E-state index is 11.8. The molecule has 0 saturated carbocycles. The fraction of sp³-hybridized carbons (Fsp3) is 0.333. The Bertz CT molecular complexity index is 392. The number of rotatable bonds is 5. The number of carboxylic acid groups (broad SMARTS) is 1. The van der Waals surface area contributed by atoms with Gasteiger partial charge in [0.25, 0.3) is 5.91 Å². The van der Waals surface area contributed by atoms with E-state index < -0.39 is 12.0 Å². The Morgan fingerprint density at radius 3 is 2.29 bits per heavy atom. The van der Waals surface area contributed by atoms with E-state index in [2.05, 4.69) is 10.6 Å². The number of hydrogen-bond donors (Lipinski definition) is 3. The summed E-state index contributed by atoms with van der Waals surface area (Å²) in [6.45, 7) is 1.70. The van der Waals surface area contributed by atoms with Gasteiger partial charge in [-0.05, 0) is 26.1 Å². The van der Waals surface area contributed by atoms with Crippen molar-refractivity contribution in [1.29, 1.82) is 0 Å². The molecule has 1 aromatic rings. The van der Waals surface area contributed by atoms with Crippen LogP contribution in [0.1, 0.15) is 17.3 Å². The van der Waals surface area contributed by atoms with Crippen molar-refractivity contribution in [2.45, 2.75) is 19.0 Å². The fourth-order valence-corrected chi connectivity index (χ4v) is 1.38. The molecule has 1 amide bonds. The molecule has 0 aliphatic rings. The third kappa shape index (κ3) is 3.57. The number of carboxylic acids is 1. The van der Waals surface area contributed by atoms with Crippen molar-refractivity contribution in [2.75, 3.05) is 7.05 Å². The summed E-state index contributed by atoms with van der Waals surface area (Å²) in [5.74, 6) is -1.45. The van der Waals surface area contributed by atoms with Crippen molar-refractivity contribution < 1.29 is 14.7 Å². The quantitative estimate of drug-likeness (QED) is 0.694. The minimum Gasteiger partial charge on any atom is -0.480 e. The number of benzene rings is 1. The van der Waals surface area contributed by atoms with E-state index in [1.165, 1.54) is 0 Å². The summed E-state index contributed by atoms with van der Waals surface area (Å²) in [7, 11) is 1.65. The summed E-state index contributed by atoms with van der Waals surface area (Å²) in [6.07, 6.45) is 0. The van der Waals surface area contributed by atoms with Crippen molar-refractivity contribution >= 4 is 11.9 Å². The van der Waals surface area contributed by atoms with Crippen LogP contribution in [0.25, 0.3) is 0 Å². The Morgan fingerprint density at radius 1 is 1.24 bits per heavy atom. The van der Waals surface area contributed by atoms with Gasteiger partial charge in [0.1, 0.15) is 6.04 Å². The highest BCUT2D eigenvalue weighted by atomic mass is 16.4. The molecule has 0 radical (unpaired) electrons. The lowest BCUT2D eigenvalue weighted by Crippen LogP contribution is -2.52. The lowest BCUT2D eigenvalue weighted by Gasteiger charge is -2.20. The van der Waals surface area contributed by atoms with Gasteiger partial charge >= 0.3 is 5.97 Å². The number of nitrogens with one attached hydrogen (secondary N) is 2. The van der Waals surface area contributed by atoms with Crippen molar-refractivity contribution in [3.63, 3.8) is 0 Å². The van der Waals surface area contributed by atoms with Gasteiger partial charge < -0.3 is 15.7 Å². The second-order valence-electron chi connectivity index (χ2n) is 3.73. The molecular formula is C12H16N2O3. The van der Waals surface area contributed by atoms with Crippen LogP contribution in [-0.4, -0.2) is 36.1 Å². The largest absolute Gasteiger partial charge is 0.480 e. The maximum atomic E-state index is 11.8. The van der Waals surface area contributed by atoms with Gasteiger partial charge in [-0.15, -0.1) is 0 Å². The molecule has 1 aromatic carbocycles. The smallest absolute Gasteiger partial charge is 0.327 e. The molecule has 0 spiro atoms. The molecule has 0 heterocycles. The number of carbonyl (C=O) groups is 2. The van der Waals surface area contributed by atoms with Crippen molar-refractivity contribution in [3.8, 4) is 0 Å². The average molecular weight is 236 g/mol. The zero-order valence-electron chi connectivity index (χ0n) is 9.81. The molecule has 17 heavy (non-hydrogen) atoms. The molecule has 5 heteroatoms. The Balaban J connectivity index is 2.75. The van der Waals surface area contributed by atoms with Crippen molar-refractivity contribution in [1.82, 2.24) is 10.6 Å². The first-order chi connectivity index (χ1) is 8.06. The molecule has 0 aliphatic heterocycles. The number of carbonyl (C=O) groups excluding carboxylic acids is 1. The Labute approximate surface area is 99.8 Å². The van der Waals surface area contributed by atoms with Gasteiger partial charge in [-0.1, -0.05) is 18.2 Å². The fourth-order valence-electron chi connectivity index (χ4n) is 1.38. The van der Waals surface area contributed by atoms with Crippen LogP contribution in [-0.2, 0) is 4.79 Å². The molecule has 0 unspecified atom stereocenters. The highest BCUT2D eigenvalue weighted by Gasteiger charge is 2.25. The van der Waals surface area contributed by atoms with Crippen LogP contribution >= 0.6 is 0 Å². The van der Waals surface area contributed by atoms with E-state index in [9.17, 15) is 9.59 Å². The summed E-state index contributed by atoms with van der Waals surface area (Å²) >= 11 is 0. The lowest BCUT2D eigenvalue weighted by atomic mass is 10.1. The summed E-state index contributed by atoms with van der Waals surface area (Å²) in [4.78, 5) is 22.8. The standard InChI is InChI=1S/C12H16N2O3/c1-8(13-2)10(12(16)17)14-11(15)9-6-4-3-5-7-9/h3-8,10,13H,1-2H3,(H,14,15)(H,16,17)/t8-,10-/m1/s1. The maximum Gasteiger partial charge on any atom is 0.327 e. The molecule has 0 saturated heterocycles. The Kier molecular flexibility index (Phi) is 4.66. The zero-order valence-corrected chi connectivity index (χ0v) is 9.81. The van der Waals surface area contributed by atoms with E-state index in [0.717, 1.165) is 0 Å². The predicted octanol–water partition coefficient (Wildman–Crippen LogP) is 0.477. The van der Waals surface area contributed by atoms with Crippen LogP contribution in [0.4, 0.5) is 0 Å². The van der Waals surface area contributed by atoms with Gasteiger partial charge in [0, 0.05) is 11.6 Å². The van der Waals surface area contributed by atoms with E-state index in [1.54, 1.807) is 44.3 Å². The molecule has 0 fully saturated rings. The van der Waals surface area contributed by atoms with Gasteiger partial charge in [0.2, 0.25) is 0 Å². The molecule has 0 bridgehead atoms. The van der Waals surface area contributed by atoms with Gasteiger partial charge in [0.05, 0.1) is 0 Å². The van der Waals surface area contributed by atoms with E-state index >= 15 is 0 Å². The minimum absolute atomic E-state index is 0.347. The highest BCUT2D eigenvalue weighted by Crippen LogP contribution is 2.01. The van der Waals surface area contributed by atoms with E-state index in [-0.39, 0.29) is 11.9 Å². The normalized spacial score (nSPS) is 13.8. The van der Waals surface area contributed by atoms with Crippen LogP contribution in [0, 0.1) is 0 Å². The van der Waals surface area contributed by atoms with E-state index in [1.807, 2.05) is 0 Å². The first-order valence-corrected chi connectivity index (χ1v) is 5.32. The van der Waals surface area contributed by atoms with E-state index in [0.29, 0.717) is 5.56 Å². The van der Waals surface area contributed by atoms with Gasteiger partial charge in [-0.2, -0.15) is 0 Å². The molecule has 3 N–H and O–H groups in total. The van der Waals surface area contributed by atoms with Crippen LogP contribution in [0.15, 0.2) is 30.3 Å². The highest BCUT2D eigenvalue weighted by molar-refractivity contribution is 5.96. The van der Waals surface area contributed by atoms with Crippen LogP contribution in [0.5, 0.6) is 0 Å². The molecule has 2 atom stereocenters. The first kappa shape index (κ1) is 13.2. The van der Waals surface area contributed by atoms with Crippen LogP contribution in [0.3, 0.4) is 0 Å². The summed E-state index contributed by atoms with van der Waals surface area (Å²) < 4.78 is 0. The Morgan fingerprint density at radius 2 is 1.82 bits per heavy atom. The second kappa shape index (κ2) is 6.00. The molecule has 1 rings (SSSR count). The van der Waals surface area contributed by atoms with Crippen LogP contribution in [0.2, 0.25) is 0 Å². The molecular weight excluding hydrogens is 220 g/mol. The second-order valence-corrected chi connectivity index (χ2v) is 3.73. The van der Waals surface area contributed by atoms with Crippen LogP contribution < -0.4 is 10.6 Å². The monoisotopic (exact) mass is 236 g/mol. The molecule has 5 nitrogen and oxygen atoms in total. The van der Waals surface area contributed by atoms with Gasteiger partial charge in [-0.3, -0.25) is 4.79 Å². The number of aliphatic carboxylic acids is 1. The SMILES string of the molecule is CN[C@H](C)[C@@H](NC(=O)c1ccccc1)C(=O)O. The van der Waals surface area contributed by atoms with Gasteiger partial charge in [0.15, 0.2) is 0 Å². The summed E-state index contributed by atoms with van der Waals surface area (Å²) in [6, 6.07) is 7.23. The van der Waals surface area contributed by atoms with Gasteiger partial charge in [-0.25, -0.2) is 4.79 Å². The number of amides is 1. The first-order valence-electron chi connectivity index (χ1n) is 5.32. The summed E-state index contributed by atoms with van der Waals surface area (Å²) in [5, 5.41) is 14.3.